The van der Waals surface area contributed by atoms with Crippen LogP contribution in [0.25, 0.3) is 0 Å². The zero-order valence-electron chi connectivity index (χ0n) is 16.1. The molecule has 1 aromatic carbocycles. The molecule has 0 radical (unpaired) electrons. The first-order chi connectivity index (χ1) is 12.7. The Hall–Kier alpha value is -1.26. The molecule has 3 aliphatic rings. The average molecular weight is 393 g/mol. The van der Waals surface area contributed by atoms with Crippen molar-refractivity contribution in [1.29, 1.82) is 0 Å². The molecule has 2 unspecified atom stereocenters. The fourth-order valence-electron chi connectivity index (χ4n) is 5.28. The van der Waals surface area contributed by atoms with Crippen molar-refractivity contribution in [2.24, 2.45) is 23.5 Å². The van der Waals surface area contributed by atoms with E-state index in [0.717, 1.165) is 37.0 Å². The number of nitrogens with one attached hydrogen (secondary N) is 1. The van der Waals surface area contributed by atoms with E-state index in [0.29, 0.717) is 30.5 Å². The van der Waals surface area contributed by atoms with Crippen LogP contribution in [0.5, 0.6) is 5.75 Å². The number of halogens is 1. The molecular formula is C22H33ClN2O2. The van der Waals surface area contributed by atoms with Crippen LogP contribution >= 0.6 is 12.4 Å². The summed E-state index contributed by atoms with van der Waals surface area (Å²) in [7, 11) is 0. The van der Waals surface area contributed by atoms with Gasteiger partial charge in [0.2, 0.25) is 5.91 Å². The summed E-state index contributed by atoms with van der Waals surface area (Å²) in [5, 5.41) is 3.18. The molecule has 0 aliphatic heterocycles. The van der Waals surface area contributed by atoms with Gasteiger partial charge in [0.15, 0.2) is 0 Å². The van der Waals surface area contributed by atoms with Crippen molar-refractivity contribution < 1.29 is 9.53 Å². The molecular weight excluding hydrogens is 360 g/mol. The van der Waals surface area contributed by atoms with Gasteiger partial charge in [0.05, 0.1) is 6.10 Å². The molecule has 1 amide bonds. The summed E-state index contributed by atoms with van der Waals surface area (Å²) < 4.78 is 6.19. The van der Waals surface area contributed by atoms with Crippen LogP contribution in [0.15, 0.2) is 24.3 Å². The number of carbonyl (C=O) groups is 1. The number of nitrogens with two attached hydrogens (primary N) is 1. The van der Waals surface area contributed by atoms with E-state index < -0.39 is 0 Å². The van der Waals surface area contributed by atoms with E-state index in [1.807, 2.05) is 18.2 Å². The third-order valence-electron chi connectivity index (χ3n) is 6.81. The lowest BCUT2D eigenvalue weighted by atomic mass is 9.65. The molecule has 4 nitrogen and oxygen atoms in total. The van der Waals surface area contributed by atoms with Crippen LogP contribution in [0.1, 0.15) is 63.4 Å². The van der Waals surface area contributed by atoms with E-state index in [-0.39, 0.29) is 24.2 Å². The summed E-state index contributed by atoms with van der Waals surface area (Å²) in [6, 6.07) is 8.44. The maximum Gasteiger partial charge on any atom is 0.223 e. The van der Waals surface area contributed by atoms with Crippen molar-refractivity contribution in [1.82, 2.24) is 5.32 Å². The topological polar surface area (TPSA) is 64.4 Å². The number of ether oxygens (including phenoxy) is 1. The Balaban J connectivity index is 0.00000210. The highest BCUT2D eigenvalue weighted by molar-refractivity contribution is 5.85. The van der Waals surface area contributed by atoms with Crippen LogP contribution in [0, 0.1) is 17.8 Å². The van der Waals surface area contributed by atoms with Gasteiger partial charge in [0, 0.05) is 24.1 Å². The van der Waals surface area contributed by atoms with E-state index >= 15 is 0 Å². The average Bonchev–Trinajstić information content (AvgIpc) is 3.13. The predicted octanol–water partition coefficient (Wildman–Crippen LogP) is 4.20. The molecule has 5 heteroatoms. The normalized spacial score (nSPS) is 30.4. The van der Waals surface area contributed by atoms with Crippen LogP contribution < -0.4 is 15.8 Å². The highest BCUT2D eigenvalue weighted by Gasteiger charge is 2.40. The van der Waals surface area contributed by atoms with Crippen LogP contribution in [-0.4, -0.2) is 18.1 Å². The Bertz CT molecular complexity index is 618. The molecule has 3 fully saturated rings. The van der Waals surface area contributed by atoms with Gasteiger partial charge in [-0.15, -0.1) is 12.4 Å². The fourth-order valence-corrected chi connectivity index (χ4v) is 5.28. The van der Waals surface area contributed by atoms with Gasteiger partial charge in [0.25, 0.3) is 0 Å². The van der Waals surface area contributed by atoms with Crippen molar-refractivity contribution in [2.75, 3.05) is 0 Å². The van der Waals surface area contributed by atoms with Gasteiger partial charge >= 0.3 is 0 Å². The Morgan fingerprint density at radius 3 is 2.41 bits per heavy atom. The summed E-state index contributed by atoms with van der Waals surface area (Å²) in [5.41, 5.74) is 7.44. The first-order valence-electron chi connectivity index (χ1n) is 10.5. The van der Waals surface area contributed by atoms with E-state index in [2.05, 4.69) is 11.4 Å². The number of para-hydroxylation sites is 1. The highest BCUT2D eigenvalue weighted by Crippen LogP contribution is 2.42. The van der Waals surface area contributed by atoms with Crippen LogP contribution in [-0.2, 0) is 11.3 Å². The van der Waals surface area contributed by atoms with Gasteiger partial charge in [-0.3, -0.25) is 4.79 Å². The van der Waals surface area contributed by atoms with Crippen molar-refractivity contribution in [2.45, 2.75) is 76.5 Å². The van der Waals surface area contributed by atoms with Gasteiger partial charge in [-0.1, -0.05) is 24.6 Å². The molecule has 4 rings (SSSR count). The van der Waals surface area contributed by atoms with E-state index in [1.165, 1.54) is 32.1 Å². The fraction of sp³-hybridized carbons (Fsp3) is 0.682. The zero-order chi connectivity index (χ0) is 17.9. The standard InChI is InChI=1S/C22H32N2O2.ClH/c23-21-15-7-5-8-16(21)13-18(12-15)22(25)24-14-17-6-1-4-11-20(17)26-19-9-2-3-10-19;/h1,4,6,11,15-16,18-19,21H,2-3,5,7-10,12-14,23H2,(H,24,25);1H. The first kappa shape index (κ1) is 20.5. The van der Waals surface area contributed by atoms with Crippen LogP contribution in [0.3, 0.4) is 0 Å². The molecule has 2 atom stereocenters. The van der Waals surface area contributed by atoms with Crippen molar-refractivity contribution in [3.05, 3.63) is 29.8 Å². The van der Waals surface area contributed by atoms with E-state index in [1.54, 1.807) is 0 Å². The zero-order valence-corrected chi connectivity index (χ0v) is 16.9. The lowest BCUT2D eigenvalue weighted by Crippen LogP contribution is -2.49. The molecule has 0 aromatic heterocycles. The Kier molecular flexibility index (Phi) is 7.04. The van der Waals surface area contributed by atoms with Gasteiger partial charge < -0.3 is 15.8 Å². The summed E-state index contributed by atoms with van der Waals surface area (Å²) in [6.45, 7) is 0.555. The summed E-state index contributed by atoms with van der Waals surface area (Å²) in [5.74, 6) is 2.34. The number of rotatable bonds is 5. The largest absolute Gasteiger partial charge is 0.490 e. The Labute approximate surface area is 169 Å². The molecule has 0 spiro atoms. The maximum atomic E-state index is 12.8. The van der Waals surface area contributed by atoms with Crippen molar-refractivity contribution >= 4 is 18.3 Å². The quantitative estimate of drug-likeness (QED) is 0.789. The van der Waals surface area contributed by atoms with Crippen molar-refractivity contribution in [3.8, 4) is 5.75 Å². The summed E-state index contributed by atoms with van der Waals surface area (Å²) >= 11 is 0. The summed E-state index contributed by atoms with van der Waals surface area (Å²) in [4.78, 5) is 12.8. The predicted molar refractivity (Wildman–Crippen MR) is 110 cm³/mol. The minimum absolute atomic E-state index is 0. The second-order valence-electron chi connectivity index (χ2n) is 8.55. The smallest absolute Gasteiger partial charge is 0.223 e. The van der Waals surface area contributed by atoms with Gasteiger partial charge in [-0.25, -0.2) is 0 Å². The molecule has 3 N–H and O–H groups in total. The number of fused-ring (bicyclic) bond motifs is 2. The molecule has 3 saturated carbocycles. The number of benzene rings is 1. The monoisotopic (exact) mass is 392 g/mol. The van der Waals surface area contributed by atoms with E-state index in [9.17, 15) is 4.79 Å². The minimum Gasteiger partial charge on any atom is -0.490 e. The third kappa shape index (κ3) is 4.78. The first-order valence-corrected chi connectivity index (χ1v) is 10.5. The van der Waals surface area contributed by atoms with Gasteiger partial charge in [0.1, 0.15) is 5.75 Å². The van der Waals surface area contributed by atoms with E-state index in [4.69, 9.17) is 10.5 Å². The molecule has 150 valence electrons. The Morgan fingerprint density at radius 2 is 1.70 bits per heavy atom. The van der Waals surface area contributed by atoms with Crippen molar-refractivity contribution in [3.63, 3.8) is 0 Å². The SMILES string of the molecule is Cl.NC1C2CCCC1CC(C(=O)NCc1ccccc1OC1CCCC1)C2. The van der Waals surface area contributed by atoms with Gasteiger partial charge in [-0.05, 0) is 69.3 Å². The molecule has 3 aliphatic carbocycles. The Morgan fingerprint density at radius 1 is 1.04 bits per heavy atom. The minimum atomic E-state index is 0. The second-order valence-corrected chi connectivity index (χ2v) is 8.55. The van der Waals surface area contributed by atoms with Crippen LogP contribution in [0.2, 0.25) is 0 Å². The molecule has 1 aromatic rings. The lowest BCUT2D eigenvalue weighted by molar-refractivity contribution is -0.128. The lowest BCUT2D eigenvalue weighted by Gasteiger charge is -2.43. The maximum absolute atomic E-state index is 12.8. The second kappa shape index (κ2) is 9.29. The number of amides is 1. The highest BCUT2D eigenvalue weighted by atomic mass is 35.5. The summed E-state index contributed by atoms with van der Waals surface area (Å²) in [6.07, 6.45) is 10.7. The van der Waals surface area contributed by atoms with Gasteiger partial charge in [-0.2, -0.15) is 0 Å². The molecule has 2 bridgehead atoms. The number of carbonyl (C=O) groups excluding carboxylic acids is 1. The van der Waals surface area contributed by atoms with Crippen LogP contribution in [0.4, 0.5) is 0 Å². The molecule has 0 heterocycles. The number of hydrogen-bond acceptors (Lipinski definition) is 3. The third-order valence-corrected chi connectivity index (χ3v) is 6.81. The molecule has 27 heavy (non-hydrogen) atoms. The molecule has 0 saturated heterocycles. The number of hydrogen-bond donors (Lipinski definition) is 2.